The summed E-state index contributed by atoms with van der Waals surface area (Å²) in [5, 5.41) is 2.93. The first kappa shape index (κ1) is 11.0. The Morgan fingerprint density at radius 2 is 2.33 bits per heavy atom. The maximum absolute atomic E-state index is 5.67. The van der Waals surface area contributed by atoms with Crippen molar-refractivity contribution in [2.75, 3.05) is 5.73 Å². The summed E-state index contributed by atoms with van der Waals surface area (Å²) in [5.41, 5.74) is 8.31. The van der Waals surface area contributed by atoms with E-state index in [2.05, 4.69) is 16.9 Å². The van der Waals surface area contributed by atoms with E-state index < -0.39 is 0 Å². The zero-order valence-electron chi connectivity index (χ0n) is 8.77. The van der Waals surface area contributed by atoms with Crippen LogP contribution in [0.2, 0.25) is 0 Å². The zero-order valence-corrected chi connectivity index (χ0v) is 8.77. The van der Waals surface area contributed by atoms with Gasteiger partial charge in [-0.1, -0.05) is 18.7 Å². The molecule has 3 nitrogen and oxygen atoms in total. The molecular formula is C12H15N3. The summed E-state index contributed by atoms with van der Waals surface area (Å²) in [4.78, 5) is 4.04. The Labute approximate surface area is 90.0 Å². The van der Waals surface area contributed by atoms with Crippen molar-refractivity contribution in [3.05, 3.63) is 55.2 Å². The first-order chi connectivity index (χ1) is 7.27. The van der Waals surface area contributed by atoms with Crippen LogP contribution in [0.4, 0.5) is 5.69 Å². The van der Waals surface area contributed by atoms with Crippen molar-refractivity contribution in [2.45, 2.75) is 6.92 Å². The first-order valence-electron chi connectivity index (χ1n) is 4.68. The van der Waals surface area contributed by atoms with Crippen LogP contribution >= 0.6 is 0 Å². The maximum Gasteiger partial charge on any atom is 0.0506 e. The molecule has 0 amide bonds. The molecule has 0 saturated carbocycles. The lowest BCUT2D eigenvalue weighted by Gasteiger charge is -2.03. The third-order valence-electron chi connectivity index (χ3n) is 1.80. The molecule has 0 aliphatic heterocycles. The summed E-state index contributed by atoms with van der Waals surface area (Å²) < 4.78 is 0. The molecule has 0 spiro atoms. The number of nitrogens with two attached hydrogens (primary N) is 1. The van der Waals surface area contributed by atoms with E-state index in [0.717, 1.165) is 11.1 Å². The third-order valence-corrected chi connectivity index (χ3v) is 1.80. The summed E-state index contributed by atoms with van der Waals surface area (Å²) in [6, 6.07) is 1.88. The van der Waals surface area contributed by atoms with Crippen LogP contribution in [0, 0.1) is 0 Å². The van der Waals surface area contributed by atoms with Gasteiger partial charge in [0, 0.05) is 24.2 Å². The molecular weight excluding hydrogens is 186 g/mol. The molecule has 1 aromatic heterocycles. The zero-order chi connectivity index (χ0) is 11.1. The fourth-order valence-corrected chi connectivity index (χ4v) is 1.17. The maximum atomic E-state index is 5.67. The normalized spacial score (nSPS) is 11.7. The van der Waals surface area contributed by atoms with Gasteiger partial charge < -0.3 is 11.1 Å². The van der Waals surface area contributed by atoms with E-state index in [1.54, 1.807) is 18.6 Å². The second kappa shape index (κ2) is 5.65. The number of nitrogen functional groups attached to an aromatic ring is 1. The number of aromatic nitrogens is 1. The van der Waals surface area contributed by atoms with Gasteiger partial charge in [-0.25, -0.2) is 0 Å². The van der Waals surface area contributed by atoms with Crippen molar-refractivity contribution in [2.24, 2.45) is 0 Å². The molecule has 0 aliphatic rings. The Balaban J connectivity index is 3.03. The summed E-state index contributed by atoms with van der Waals surface area (Å²) in [6.07, 6.45) is 10.8. The molecule has 1 heterocycles. The van der Waals surface area contributed by atoms with Crippen molar-refractivity contribution in [3.63, 3.8) is 0 Å². The van der Waals surface area contributed by atoms with Crippen molar-refractivity contribution in [1.29, 1.82) is 0 Å². The van der Waals surface area contributed by atoms with Gasteiger partial charge in [0.2, 0.25) is 0 Å². The monoisotopic (exact) mass is 201 g/mol. The molecule has 0 aliphatic carbocycles. The number of hydrogen-bond acceptors (Lipinski definition) is 3. The molecule has 0 fully saturated rings. The third kappa shape index (κ3) is 3.31. The van der Waals surface area contributed by atoms with Crippen molar-refractivity contribution < 1.29 is 0 Å². The number of nitrogens with one attached hydrogen (secondary N) is 1. The fraction of sp³-hybridized carbons (Fsp3) is 0.0833. The Morgan fingerprint density at radius 1 is 1.53 bits per heavy atom. The van der Waals surface area contributed by atoms with Crippen LogP contribution < -0.4 is 11.1 Å². The molecule has 78 valence electrons. The van der Waals surface area contributed by atoms with E-state index in [-0.39, 0.29) is 0 Å². The van der Waals surface area contributed by atoms with Crippen molar-refractivity contribution >= 4 is 11.3 Å². The first-order valence-corrected chi connectivity index (χ1v) is 4.68. The second-order valence-corrected chi connectivity index (χ2v) is 2.98. The fourth-order valence-electron chi connectivity index (χ4n) is 1.17. The lowest BCUT2D eigenvalue weighted by atomic mass is 10.1. The average molecular weight is 201 g/mol. The number of hydrogen-bond donors (Lipinski definition) is 2. The van der Waals surface area contributed by atoms with Crippen LogP contribution in [0.3, 0.4) is 0 Å². The number of pyridine rings is 1. The Kier molecular flexibility index (Phi) is 4.16. The topological polar surface area (TPSA) is 50.9 Å². The predicted octanol–water partition coefficient (Wildman–Crippen LogP) is 2.31. The minimum atomic E-state index is 0.654. The van der Waals surface area contributed by atoms with Gasteiger partial charge in [0.15, 0.2) is 0 Å². The Bertz CT molecular complexity index is 392. The molecule has 0 aromatic carbocycles. The van der Waals surface area contributed by atoms with Crippen LogP contribution in [0.15, 0.2) is 49.6 Å². The number of allylic oxidation sites excluding steroid dienone is 3. The molecule has 0 saturated heterocycles. The van der Waals surface area contributed by atoms with Gasteiger partial charge in [-0.05, 0) is 24.8 Å². The SMILES string of the molecule is C=CN/C=C(\C=C/C)c1cncc(N)c1. The highest BCUT2D eigenvalue weighted by atomic mass is 14.8. The molecule has 3 heteroatoms. The summed E-state index contributed by atoms with van der Waals surface area (Å²) in [7, 11) is 0. The predicted molar refractivity (Wildman–Crippen MR) is 64.8 cm³/mol. The Hall–Kier alpha value is -2.03. The number of nitrogens with zero attached hydrogens (tertiary/aromatic N) is 1. The van der Waals surface area contributed by atoms with Gasteiger partial charge >= 0.3 is 0 Å². The van der Waals surface area contributed by atoms with Crippen molar-refractivity contribution in [1.82, 2.24) is 10.3 Å². The van der Waals surface area contributed by atoms with Crippen LogP contribution in [-0.4, -0.2) is 4.98 Å². The van der Waals surface area contributed by atoms with Crippen LogP contribution in [0.5, 0.6) is 0 Å². The van der Waals surface area contributed by atoms with Crippen molar-refractivity contribution in [3.8, 4) is 0 Å². The van der Waals surface area contributed by atoms with E-state index in [9.17, 15) is 0 Å². The molecule has 1 aromatic rings. The summed E-state index contributed by atoms with van der Waals surface area (Å²) >= 11 is 0. The highest BCUT2D eigenvalue weighted by Gasteiger charge is 1.98. The van der Waals surface area contributed by atoms with E-state index in [0.29, 0.717) is 5.69 Å². The summed E-state index contributed by atoms with van der Waals surface area (Å²) in [6.45, 7) is 5.54. The van der Waals surface area contributed by atoms with Gasteiger partial charge in [0.25, 0.3) is 0 Å². The molecule has 0 bridgehead atoms. The lowest BCUT2D eigenvalue weighted by Crippen LogP contribution is -1.95. The highest BCUT2D eigenvalue weighted by Crippen LogP contribution is 2.16. The molecule has 1 rings (SSSR count). The van der Waals surface area contributed by atoms with Gasteiger partial charge in [-0.2, -0.15) is 0 Å². The number of rotatable bonds is 4. The lowest BCUT2D eigenvalue weighted by molar-refractivity contribution is 1.20. The summed E-state index contributed by atoms with van der Waals surface area (Å²) in [5.74, 6) is 0. The quantitative estimate of drug-likeness (QED) is 0.735. The van der Waals surface area contributed by atoms with Gasteiger partial charge in [-0.3, -0.25) is 4.98 Å². The minimum Gasteiger partial charge on any atom is -0.397 e. The van der Waals surface area contributed by atoms with E-state index >= 15 is 0 Å². The smallest absolute Gasteiger partial charge is 0.0506 e. The van der Waals surface area contributed by atoms with Crippen LogP contribution in [0.1, 0.15) is 12.5 Å². The molecule has 0 unspecified atom stereocenters. The van der Waals surface area contributed by atoms with Crippen LogP contribution in [0.25, 0.3) is 5.57 Å². The molecule has 3 N–H and O–H groups in total. The van der Waals surface area contributed by atoms with Gasteiger partial charge in [-0.15, -0.1) is 0 Å². The molecule has 0 radical (unpaired) electrons. The largest absolute Gasteiger partial charge is 0.397 e. The minimum absolute atomic E-state index is 0.654. The van der Waals surface area contributed by atoms with Gasteiger partial charge in [0.05, 0.1) is 5.69 Å². The average Bonchev–Trinajstić information content (AvgIpc) is 2.24. The standard InChI is InChI=1S/C12H15N3/c1-3-5-10(7-14-4-2)11-6-12(13)9-15-8-11/h3-9,14H,2,13H2,1H3/b5-3-,10-7+. The molecule has 0 atom stereocenters. The molecule has 15 heavy (non-hydrogen) atoms. The van der Waals surface area contributed by atoms with Crippen LogP contribution in [-0.2, 0) is 0 Å². The van der Waals surface area contributed by atoms with E-state index in [1.807, 2.05) is 31.3 Å². The van der Waals surface area contributed by atoms with E-state index in [4.69, 9.17) is 5.73 Å². The van der Waals surface area contributed by atoms with Gasteiger partial charge in [0.1, 0.15) is 0 Å². The Morgan fingerprint density at radius 3 is 2.93 bits per heavy atom. The second-order valence-electron chi connectivity index (χ2n) is 2.98. The number of anilines is 1. The highest BCUT2D eigenvalue weighted by molar-refractivity contribution is 5.74. The van der Waals surface area contributed by atoms with E-state index in [1.165, 1.54) is 0 Å².